The quantitative estimate of drug-likeness (QED) is 0.834. The molecule has 0 bridgehead atoms. The summed E-state index contributed by atoms with van der Waals surface area (Å²) in [5, 5.41) is 7.95. The molecule has 0 aliphatic carbocycles. The third kappa shape index (κ3) is 2.54. The number of hydrogen-bond donors (Lipinski definition) is 0. The number of ether oxygens (including phenoxy) is 1. The zero-order valence-corrected chi connectivity index (χ0v) is 11.2. The molecule has 1 aliphatic heterocycles. The Morgan fingerprint density at radius 1 is 1.42 bits per heavy atom. The van der Waals surface area contributed by atoms with E-state index in [2.05, 4.69) is 45.0 Å². The molecule has 1 aliphatic rings. The van der Waals surface area contributed by atoms with Crippen molar-refractivity contribution >= 4 is 0 Å². The van der Waals surface area contributed by atoms with Crippen LogP contribution in [0.2, 0.25) is 0 Å². The van der Waals surface area contributed by atoms with Gasteiger partial charge in [0.1, 0.15) is 0 Å². The van der Waals surface area contributed by atoms with Crippen molar-refractivity contribution in [2.45, 2.75) is 19.5 Å². The minimum atomic E-state index is 0.237. The maximum Gasteiger partial charge on any atom is 0.230 e. The maximum absolute atomic E-state index is 5.61. The predicted octanol–water partition coefficient (Wildman–Crippen LogP) is 1.29. The number of aryl methyl sites for hydroxylation is 2. The van der Waals surface area contributed by atoms with Crippen molar-refractivity contribution in [2.24, 2.45) is 7.05 Å². The lowest BCUT2D eigenvalue weighted by Gasteiger charge is -2.34. The Morgan fingerprint density at radius 2 is 2.32 bits per heavy atom. The monoisotopic (exact) mass is 262 g/mol. The Labute approximate surface area is 112 Å². The SMILES string of the molecule is Cc1nnc(CN2CCOCC2c2cccn2C)o1. The van der Waals surface area contributed by atoms with Gasteiger partial charge in [0.2, 0.25) is 11.8 Å². The van der Waals surface area contributed by atoms with E-state index in [9.17, 15) is 0 Å². The first-order valence-electron chi connectivity index (χ1n) is 6.46. The van der Waals surface area contributed by atoms with Gasteiger partial charge >= 0.3 is 0 Å². The highest BCUT2D eigenvalue weighted by Crippen LogP contribution is 2.25. The fourth-order valence-electron chi connectivity index (χ4n) is 2.50. The maximum atomic E-state index is 5.61. The second-order valence-corrected chi connectivity index (χ2v) is 4.82. The highest BCUT2D eigenvalue weighted by Gasteiger charge is 2.27. The number of nitrogens with zero attached hydrogens (tertiary/aromatic N) is 4. The Hall–Kier alpha value is -1.66. The van der Waals surface area contributed by atoms with Crippen LogP contribution in [0.25, 0.3) is 0 Å². The predicted molar refractivity (Wildman–Crippen MR) is 68.4 cm³/mol. The van der Waals surface area contributed by atoms with Gasteiger partial charge in [-0.15, -0.1) is 10.2 Å². The van der Waals surface area contributed by atoms with Crippen molar-refractivity contribution in [1.29, 1.82) is 0 Å². The van der Waals surface area contributed by atoms with Gasteiger partial charge in [0.25, 0.3) is 0 Å². The van der Waals surface area contributed by atoms with E-state index in [1.165, 1.54) is 5.69 Å². The van der Waals surface area contributed by atoms with E-state index in [1.54, 1.807) is 0 Å². The first-order valence-corrected chi connectivity index (χ1v) is 6.46. The van der Waals surface area contributed by atoms with Crippen molar-refractivity contribution in [3.8, 4) is 0 Å². The summed E-state index contributed by atoms with van der Waals surface area (Å²) in [6.45, 7) is 4.79. The average molecular weight is 262 g/mol. The summed E-state index contributed by atoms with van der Waals surface area (Å²) >= 11 is 0. The second kappa shape index (κ2) is 5.14. The summed E-state index contributed by atoms with van der Waals surface area (Å²) in [6, 6.07) is 4.42. The minimum absolute atomic E-state index is 0.237. The third-order valence-corrected chi connectivity index (χ3v) is 3.47. The van der Waals surface area contributed by atoms with Gasteiger partial charge in [-0.05, 0) is 12.1 Å². The Bertz CT molecular complexity index is 548. The molecule has 1 saturated heterocycles. The standard InChI is InChI=1S/C13H18N4O2/c1-10-14-15-13(19-10)8-17-6-7-18-9-12(17)11-4-3-5-16(11)2/h3-5,12H,6-9H2,1-2H3. The summed E-state index contributed by atoms with van der Waals surface area (Å²) < 4.78 is 13.2. The van der Waals surface area contributed by atoms with Crippen molar-refractivity contribution in [3.05, 3.63) is 35.8 Å². The van der Waals surface area contributed by atoms with Gasteiger partial charge in [-0.25, -0.2) is 0 Å². The van der Waals surface area contributed by atoms with E-state index in [0.717, 1.165) is 13.2 Å². The molecule has 1 unspecified atom stereocenters. The minimum Gasteiger partial charge on any atom is -0.424 e. The zero-order chi connectivity index (χ0) is 13.2. The molecule has 1 fully saturated rings. The molecule has 0 amide bonds. The number of morpholine rings is 1. The van der Waals surface area contributed by atoms with Gasteiger partial charge in [-0.3, -0.25) is 4.90 Å². The molecule has 102 valence electrons. The lowest BCUT2D eigenvalue weighted by Crippen LogP contribution is -2.39. The van der Waals surface area contributed by atoms with Crippen LogP contribution in [0.1, 0.15) is 23.5 Å². The third-order valence-electron chi connectivity index (χ3n) is 3.47. The van der Waals surface area contributed by atoms with E-state index < -0.39 is 0 Å². The number of aromatic nitrogens is 3. The van der Waals surface area contributed by atoms with Crippen LogP contribution in [0, 0.1) is 6.92 Å². The summed E-state index contributed by atoms with van der Waals surface area (Å²) in [7, 11) is 2.05. The second-order valence-electron chi connectivity index (χ2n) is 4.82. The van der Waals surface area contributed by atoms with Crippen molar-refractivity contribution in [3.63, 3.8) is 0 Å². The van der Waals surface area contributed by atoms with Crippen LogP contribution in [0.3, 0.4) is 0 Å². The van der Waals surface area contributed by atoms with Gasteiger partial charge < -0.3 is 13.7 Å². The highest BCUT2D eigenvalue weighted by atomic mass is 16.5. The normalized spacial score (nSPS) is 20.8. The first kappa shape index (κ1) is 12.4. The first-order chi connectivity index (χ1) is 9.24. The van der Waals surface area contributed by atoms with Crippen LogP contribution < -0.4 is 0 Å². The van der Waals surface area contributed by atoms with E-state index >= 15 is 0 Å². The average Bonchev–Trinajstić information content (AvgIpc) is 2.99. The van der Waals surface area contributed by atoms with Gasteiger partial charge in [0.05, 0.1) is 25.8 Å². The lowest BCUT2D eigenvalue weighted by atomic mass is 10.1. The molecular weight excluding hydrogens is 244 g/mol. The molecule has 0 radical (unpaired) electrons. The van der Waals surface area contributed by atoms with E-state index in [0.29, 0.717) is 24.9 Å². The van der Waals surface area contributed by atoms with E-state index in [-0.39, 0.29) is 6.04 Å². The lowest BCUT2D eigenvalue weighted by molar-refractivity contribution is -0.0187. The van der Waals surface area contributed by atoms with Crippen molar-refractivity contribution in [2.75, 3.05) is 19.8 Å². The van der Waals surface area contributed by atoms with Gasteiger partial charge in [0.15, 0.2) is 0 Å². The van der Waals surface area contributed by atoms with Crippen molar-refractivity contribution < 1.29 is 9.15 Å². The Balaban J connectivity index is 1.79. The molecule has 3 heterocycles. The molecule has 6 nitrogen and oxygen atoms in total. The molecule has 6 heteroatoms. The molecule has 0 saturated carbocycles. The molecule has 1 atom stereocenters. The Morgan fingerprint density at radius 3 is 3.00 bits per heavy atom. The van der Waals surface area contributed by atoms with Crippen LogP contribution >= 0.6 is 0 Å². The fourth-order valence-corrected chi connectivity index (χ4v) is 2.50. The summed E-state index contributed by atoms with van der Waals surface area (Å²) in [5.74, 6) is 1.28. The van der Waals surface area contributed by atoms with Gasteiger partial charge in [-0.2, -0.15) is 0 Å². The van der Waals surface area contributed by atoms with Crippen LogP contribution in [0.4, 0.5) is 0 Å². The zero-order valence-electron chi connectivity index (χ0n) is 11.2. The molecule has 0 aromatic carbocycles. The number of rotatable bonds is 3. The molecule has 2 aromatic rings. The highest BCUT2D eigenvalue weighted by molar-refractivity contribution is 5.12. The molecular formula is C13H18N4O2. The van der Waals surface area contributed by atoms with Crippen LogP contribution in [0.15, 0.2) is 22.7 Å². The Kier molecular flexibility index (Phi) is 3.35. The van der Waals surface area contributed by atoms with Gasteiger partial charge in [-0.1, -0.05) is 0 Å². The van der Waals surface area contributed by atoms with Crippen LogP contribution in [-0.2, 0) is 18.3 Å². The molecule has 3 rings (SSSR count). The molecule has 0 spiro atoms. The van der Waals surface area contributed by atoms with Crippen molar-refractivity contribution in [1.82, 2.24) is 19.7 Å². The van der Waals surface area contributed by atoms with Gasteiger partial charge in [0, 0.05) is 32.4 Å². The summed E-state index contributed by atoms with van der Waals surface area (Å²) in [5.41, 5.74) is 1.25. The topological polar surface area (TPSA) is 56.3 Å². The fraction of sp³-hybridized carbons (Fsp3) is 0.538. The molecule has 0 N–H and O–H groups in total. The molecule has 19 heavy (non-hydrogen) atoms. The van der Waals surface area contributed by atoms with E-state index in [4.69, 9.17) is 9.15 Å². The van der Waals surface area contributed by atoms with E-state index in [1.807, 2.05) is 6.92 Å². The summed E-state index contributed by atoms with van der Waals surface area (Å²) in [6.07, 6.45) is 2.05. The summed E-state index contributed by atoms with van der Waals surface area (Å²) in [4.78, 5) is 2.33. The largest absolute Gasteiger partial charge is 0.424 e. The smallest absolute Gasteiger partial charge is 0.230 e. The molecule has 2 aromatic heterocycles. The van der Waals surface area contributed by atoms with Crippen LogP contribution in [0.5, 0.6) is 0 Å². The van der Waals surface area contributed by atoms with Crippen LogP contribution in [-0.4, -0.2) is 39.4 Å². The number of hydrogen-bond acceptors (Lipinski definition) is 5.